The van der Waals surface area contributed by atoms with Crippen LogP contribution in [-0.4, -0.2) is 9.55 Å². The van der Waals surface area contributed by atoms with Crippen molar-refractivity contribution in [2.75, 3.05) is 5.73 Å². The molecule has 0 saturated carbocycles. The van der Waals surface area contributed by atoms with Crippen molar-refractivity contribution in [3.8, 4) is 0 Å². The molecule has 0 bridgehead atoms. The Morgan fingerprint density at radius 1 is 1.36 bits per heavy atom. The molecule has 0 radical (unpaired) electrons. The second-order valence-electron chi connectivity index (χ2n) is 3.37. The molecule has 0 amide bonds. The SMILES string of the molecule is CCc1nc2ccc(N)cc2n1CC. The molecule has 74 valence electrons. The van der Waals surface area contributed by atoms with Crippen molar-refractivity contribution in [2.24, 2.45) is 0 Å². The Balaban J connectivity index is 2.74. The fourth-order valence-electron chi connectivity index (χ4n) is 1.81. The Kier molecular flexibility index (Phi) is 2.15. The van der Waals surface area contributed by atoms with Gasteiger partial charge in [-0.05, 0) is 25.1 Å². The summed E-state index contributed by atoms with van der Waals surface area (Å²) in [7, 11) is 0. The van der Waals surface area contributed by atoms with E-state index in [1.165, 1.54) is 0 Å². The van der Waals surface area contributed by atoms with Gasteiger partial charge in [0.15, 0.2) is 0 Å². The molecule has 0 saturated heterocycles. The van der Waals surface area contributed by atoms with Gasteiger partial charge < -0.3 is 10.3 Å². The topological polar surface area (TPSA) is 43.8 Å². The van der Waals surface area contributed by atoms with Crippen LogP contribution in [0.1, 0.15) is 19.7 Å². The number of nitrogens with zero attached hydrogens (tertiary/aromatic N) is 2. The lowest BCUT2D eigenvalue weighted by molar-refractivity contribution is 0.726. The number of nitrogen functional groups attached to an aromatic ring is 1. The van der Waals surface area contributed by atoms with Crippen LogP contribution in [0.4, 0.5) is 5.69 Å². The summed E-state index contributed by atoms with van der Waals surface area (Å²) in [6, 6.07) is 5.87. The normalized spacial score (nSPS) is 11.0. The molecular formula is C11H15N3. The van der Waals surface area contributed by atoms with Gasteiger partial charge in [0.2, 0.25) is 0 Å². The van der Waals surface area contributed by atoms with Crippen LogP contribution >= 0.6 is 0 Å². The molecule has 0 aliphatic heterocycles. The summed E-state index contributed by atoms with van der Waals surface area (Å²) in [4.78, 5) is 4.55. The van der Waals surface area contributed by atoms with Crippen molar-refractivity contribution in [3.05, 3.63) is 24.0 Å². The fourth-order valence-corrected chi connectivity index (χ4v) is 1.81. The zero-order valence-electron chi connectivity index (χ0n) is 8.62. The average molecular weight is 189 g/mol. The molecule has 2 N–H and O–H groups in total. The third-order valence-electron chi connectivity index (χ3n) is 2.48. The third-order valence-corrected chi connectivity index (χ3v) is 2.48. The van der Waals surface area contributed by atoms with Crippen LogP contribution in [0.3, 0.4) is 0 Å². The van der Waals surface area contributed by atoms with Gasteiger partial charge in [0, 0.05) is 18.7 Å². The van der Waals surface area contributed by atoms with Crippen molar-refractivity contribution in [1.82, 2.24) is 9.55 Å². The lowest BCUT2D eigenvalue weighted by Crippen LogP contribution is -2.00. The predicted molar refractivity (Wildman–Crippen MR) is 59.2 cm³/mol. The summed E-state index contributed by atoms with van der Waals surface area (Å²) in [6.45, 7) is 5.20. The molecule has 1 aromatic heterocycles. The highest BCUT2D eigenvalue weighted by Crippen LogP contribution is 2.19. The maximum absolute atomic E-state index is 5.76. The Morgan fingerprint density at radius 2 is 2.14 bits per heavy atom. The smallest absolute Gasteiger partial charge is 0.109 e. The van der Waals surface area contributed by atoms with Gasteiger partial charge >= 0.3 is 0 Å². The van der Waals surface area contributed by atoms with Crippen LogP contribution in [0.15, 0.2) is 18.2 Å². The molecular weight excluding hydrogens is 174 g/mol. The minimum absolute atomic E-state index is 0.801. The van der Waals surface area contributed by atoms with Gasteiger partial charge in [-0.2, -0.15) is 0 Å². The standard InChI is InChI=1S/C11H15N3/c1-3-11-13-9-6-5-8(12)7-10(9)14(11)4-2/h5-7H,3-4,12H2,1-2H3. The second kappa shape index (κ2) is 3.33. The molecule has 0 atom stereocenters. The lowest BCUT2D eigenvalue weighted by atomic mass is 10.3. The van der Waals surface area contributed by atoms with Crippen LogP contribution in [-0.2, 0) is 13.0 Å². The summed E-state index contributed by atoms with van der Waals surface area (Å²) >= 11 is 0. The number of nitrogens with two attached hydrogens (primary N) is 1. The first-order valence-corrected chi connectivity index (χ1v) is 5.01. The highest BCUT2D eigenvalue weighted by Gasteiger charge is 2.07. The quantitative estimate of drug-likeness (QED) is 0.736. The number of anilines is 1. The predicted octanol–water partition coefficient (Wildman–Crippen LogP) is 2.20. The molecule has 2 rings (SSSR count). The van der Waals surface area contributed by atoms with Crippen molar-refractivity contribution in [2.45, 2.75) is 26.8 Å². The Labute approximate surface area is 83.6 Å². The highest BCUT2D eigenvalue weighted by molar-refractivity contribution is 5.79. The van der Waals surface area contributed by atoms with Crippen molar-refractivity contribution in [3.63, 3.8) is 0 Å². The Hall–Kier alpha value is -1.51. The number of benzene rings is 1. The number of rotatable bonds is 2. The first kappa shape index (κ1) is 9.06. The number of aryl methyl sites for hydroxylation is 2. The molecule has 0 aliphatic carbocycles. The van der Waals surface area contributed by atoms with Crippen LogP contribution in [0, 0.1) is 0 Å². The van der Waals surface area contributed by atoms with E-state index < -0.39 is 0 Å². The minimum Gasteiger partial charge on any atom is -0.399 e. The number of hydrogen-bond acceptors (Lipinski definition) is 2. The zero-order valence-corrected chi connectivity index (χ0v) is 8.62. The summed E-state index contributed by atoms with van der Waals surface area (Å²) in [5, 5.41) is 0. The van der Waals surface area contributed by atoms with E-state index in [2.05, 4.69) is 23.4 Å². The molecule has 0 spiro atoms. The van der Waals surface area contributed by atoms with E-state index in [9.17, 15) is 0 Å². The fraction of sp³-hybridized carbons (Fsp3) is 0.364. The van der Waals surface area contributed by atoms with Crippen LogP contribution < -0.4 is 5.73 Å². The molecule has 1 aromatic carbocycles. The first-order valence-electron chi connectivity index (χ1n) is 5.01. The van der Waals surface area contributed by atoms with Gasteiger partial charge in [0.25, 0.3) is 0 Å². The van der Waals surface area contributed by atoms with Crippen molar-refractivity contribution in [1.29, 1.82) is 0 Å². The zero-order chi connectivity index (χ0) is 10.1. The van der Waals surface area contributed by atoms with Gasteiger partial charge in [-0.1, -0.05) is 6.92 Å². The molecule has 3 heteroatoms. The average Bonchev–Trinajstić information content (AvgIpc) is 2.54. The van der Waals surface area contributed by atoms with E-state index >= 15 is 0 Å². The van der Waals surface area contributed by atoms with Gasteiger partial charge in [0.05, 0.1) is 11.0 Å². The van der Waals surface area contributed by atoms with Gasteiger partial charge in [0.1, 0.15) is 5.82 Å². The summed E-state index contributed by atoms with van der Waals surface area (Å²) in [6.07, 6.45) is 0.961. The van der Waals surface area contributed by atoms with Crippen molar-refractivity contribution >= 4 is 16.7 Å². The molecule has 1 heterocycles. The molecule has 14 heavy (non-hydrogen) atoms. The van der Waals surface area contributed by atoms with Crippen LogP contribution in [0.5, 0.6) is 0 Å². The van der Waals surface area contributed by atoms with Gasteiger partial charge in [-0.15, -0.1) is 0 Å². The van der Waals surface area contributed by atoms with E-state index in [1.807, 2.05) is 18.2 Å². The van der Waals surface area contributed by atoms with E-state index in [0.29, 0.717) is 0 Å². The maximum Gasteiger partial charge on any atom is 0.109 e. The molecule has 3 nitrogen and oxygen atoms in total. The monoisotopic (exact) mass is 189 g/mol. The molecule has 0 fully saturated rings. The lowest BCUT2D eigenvalue weighted by Gasteiger charge is -2.03. The minimum atomic E-state index is 0.801. The molecule has 2 aromatic rings. The largest absolute Gasteiger partial charge is 0.399 e. The van der Waals surface area contributed by atoms with E-state index in [-0.39, 0.29) is 0 Å². The second-order valence-corrected chi connectivity index (χ2v) is 3.37. The maximum atomic E-state index is 5.76. The van der Waals surface area contributed by atoms with E-state index in [4.69, 9.17) is 5.73 Å². The summed E-state index contributed by atoms with van der Waals surface area (Å²) in [5.74, 6) is 1.13. The Bertz CT molecular complexity index is 457. The molecule has 0 unspecified atom stereocenters. The third kappa shape index (κ3) is 1.25. The summed E-state index contributed by atoms with van der Waals surface area (Å²) in [5.41, 5.74) is 8.74. The number of hydrogen-bond donors (Lipinski definition) is 1. The van der Waals surface area contributed by atoms with Crippen molar-refractivity contribution < 1.29 is 0 Å². The Morgan fingerprint density at radius 3 is 2.79 bits per heavy atom. The van der Waals surface area contributed by atoms with Crippen LogP contribution in [0.2, 0.25) is 0 Å². The number of imidazole rings is 1. The highest BCUT2D eigenvalue weighted by atomic mass is 15.1. The number of fused-ring (bicyclic) bond motifs is 1. The summed E-state index contributed by atoms with van der Waals surface area (Å²) < 4.78 is 2.21. The van der Waals surface area contributed by atoms with E-state index in [1.54, 1.807) is 0 Å². The first-order chi connectivity index (χ1) is 6.76. The van der Waals surface area contributed by atoms with E-state index in [0.717, 1.165) is 35.5 Å². The molecule has 0 aliphatic rings. The number of aromatic nitrogens is 2. The van der Waals surface area contributed by atoms with Gasteiger partial charge in [-0.3, -0.25) is 0 Å². The van der Waals surface area contributed by atoms with Crippen LogP contribution in [0.25, 0.3) is 11.0 Å². The van der Waals surface area contributed by atoms with Gasteiger partial charge in [-0.25, -0.2) is 4.98 Å².